The highest BCUT2D eigenvalue weighted by Gasteiger charge is 2.05. The van der Waals surface area contributed by atoms with E-state index in [1.54, 1.807) is 7.11 Å². The van der Waals surface area contributed by atoms with Crippen LogP contribution < -0.4 is 10.1 Å². The summed E-state index contributed by atoms with van der Waals surface area (Å²) in [7, 11) is 1.68. The Morgan fingerprint density at radius 2 is 2.22 bits per heavy atom. The summed E-state index contributed by atoms with van der Waals surface area (Å²) >= 11 is 0. The molecule has 4 nitrogen and oxygen atoms in total. The van der Waals surface area contributed by atoms with Gasteiger partial charge in [-0.05, 0) is 31.5 Å². The third-order valence-electron chi connectivity index (χ3n) is 2.62. The molecular weight excluding hydrogens is 226 g/mol. The Morgan fingerprint density at radius 3 is 2.94 bits per heavy atom. The average Bonchev–Trinajstić information content (AvgIpc) is 2.76. The predicted molar refractivity (Wildman–Crippen MR) is 73.1 cm³/mol. The van der Waals surface area contributed by atoms with Crippen molar-refractivity contribution in [1.29, 1.82) is 0 Å². The number of benzene rings is 1. The highest BCUT2D eigenvalue weighted by molar-refractivity contribution is 5.32. The van der Waals surface area contributed by atoms with Gasteiger partial charge in [-0.2, -0.15) is 0 Å². The predicted octanol–water partition coefficient (Wildman–Crippen LogP) is 2.76. The molecule has 18 heavy (non-hydrogen) atoms. The molecule has 2 aromatic rings. The van der Waals surface area contributed by atoms with Gasteiger partial charge in [-0.1, -0.05) is 12.1 Å². The zero-order chi connectivity index (χ0) is 13.0. The number of nitrogens with zero attached hydrogens (tertiary/aromatic N) is 2. The number of hydrogen-bond donors (Lipinski definition) is 1. The number of hydrogen-bond acceptors (Lipinski definition) is 3. The van der Waals surface area contributed by atoms with Crippen LogP contribution in [0.2, 0.25) is 0 Å². The van der Waals surface area contributed by atoms with Gasteiger partial charge in [0.2, 0.25) is 5.95 Å². The van der Waals surface area contributed by atoms with E-state index in [0.717, 1.165) is 18.2 Å². The van der Waals surface area contributed by atoms with Crippen molar-refractivity contribution in [1.82, 2.24) is 9.55 Å². The summed E-state index contributed by atoms with van der Waals surface area (Å²) in [5.74, 6) is 1.78. The van der Waals surface area contributed by atoms with E-state index in [-0.39, 0.29) is 0 Å². The maximum absolute atomic E-state index is 5.23. The van der Waals surface area contributed by atoms with Crippen LogP contribution in [-0.4, -0.2) is 22.7 Å². The molecule has 0 radical (unpaired) electrons. The van der Waals surface area contributed by atoms with Crippen LogP contribution in [0.4, 0.5) is 5.95 Å². The second-order valence-electron chi connectivity index (χ2n) is 4.53. The number of imidazole rings is 1. The second kappa shape index (κ2) is 5.58. The summed E-state index contributed by atoms with van der Waals surface area (Å²) < 4.78 is 7.32. The molecule has 96 valence electrons. The first kappa shape index (κ1) is 12.5. The number of anilines is 1. The Balaban J connectivity index is 2.15. The van der Waals surface area contributed by atoms with Crippen molar-refractivity contribution in [2.75, 3.05) is 12.4 Å². The molecule has 0 bridgehead atoms. The maximum atomic E-state index is 5.23. The molecule has 0 spiro atoms. The van der Waals surface area contributed by atoms with Gasteiger partial charge < -0.3 is 14.6 Å². The van der Waals surface area contributed by atoms with E-state index in [9.17, 15) is 0 Å². The SMILES string of the molecule is COc1cccc(Cn2ccnc2NC(C)C)c1. The van der Waals surface area contributed by atoms with Gasteiger partial charge in [-0.25, -0.2) is 4.98 Å². The van der Waals surface area contributed by atoms with E-state index in [4.69, 9.17) is 4.74 Å². The molecule has 0 saturated carbocycles. The van der Waals surface area contributed by atoms with Crippen LogP contribution >= 0.6 is 0 Å². The first-order valence-corrected chi connectivity index (χ1v) is 6.09. The van der Waals surface area contributed by atoms with Crippen molar-refractivity contribution in [3.8, 4) is 5.75 Å². The molecule has 0 aliphatic carbocycles. The quantitative estimate of drug-likeness (QED) is 0.880. The van der Waals surface area contributed by atoms with Crippen LogP contribution in [0.25, 0.3) is 0 Å². The molecule has 0 saturated heterocycles. The first-order valence-electron chi connectivity index (χ1n) is 6.09. The molecule has 0 atom stereocenters. The van der Waals surface area contributed by atoms with Gasteiger partial charge >= 0.3 is 0 Å². The maximum Gasteiger partial charge on any atom is 0.203 e. The number of rotatable bonds is 5. The van der Waals surface area contributed by atoms with Crippen LogP contribution in [0.15, 0.2) is 36.7 Å². The van der Waals surface area contributed by atoms with Gasteiger partial charge in [0.15, 0.2) is 0 Å². The van der Waals surface area contributed by atoms with Crippen LogP contribution in [0, 0.1) is 0 Å². The Labute approximate surface area is 108 Å². The fraction of sp³-hybridized carbons (Fsp3) is 0.357. The van der Waals surface area contributed by atoms with Crippen LogP contribution in [0.5, 0.6) is 5.75 Å². The number of aromatic nitrogens is 2. The van der Waals surface area contributed by atoms with Gasteiger partial charge in [0.05, 0.1) is 13.7 Å². The van der Waals surface area contributed by atoms with E-state index in [1.807, 2.05) is 30.6 Å². The van der Waals surface area contributed by atoms with Gasteiger partial charge in [0, 0.05) is 18.4 Å². The summed E-state index contributed by atoms with van der Waals surface area (Å²) in [6.45, 7) is 4.99. The van der Waals surface area contributed by atoms with Crippen molar-refractivity contribution < 1.29 is 4.74 Å². The molecule has 0 unspecified atom stereocenters. The van der Waals surface area contributed by atoms with E-state index < -0.39 is 0 Å². The molecule has 0 aliphatic heterocycles. The molecule has 1 heterocycles. The third kappa shape index (κ3) is 3.03. The fourth-order valence-corrected chi connectivity index (χ4v) is 1.80. The molecule has 2 rings (SSSR count). The number of nitrogens with one attached hydrogen (secondary N) is 1. The number of methoxy groups -OCH3 is 1. The molecule has 1 aromatic carbocycles. The molecule has 0 amide bonds. The van der Waals surface area contributed by atoms with E-state index in [1.165, 1.54) is 5.56 Å². The summed E-state index contributed by atoms with van der Waals surface area (Å²) in [6, 6.07) is 8.45. The van der Waals surface area contributed by atoms with Gasteiger partial charge in [-0.3, -0.25) is 0 Å². The van der Waals surface area contributed by atoms with Crippen LogP contribution in [-0.2, 0) is 6.54 Å². The van der Waals surface area contributed by atoms with Crippen LogP contribution in [0.1, 0.15) is 19.4 Å². The Morgan fingerprint density at radius 1 is 1.39 bits per heavy atom. The highest BCUT2D eigenvalue weighted by Crippen LogP contribution is 2.15. The van der Waals surface area contributed by atoms with Crippen molar-refractivity contribution >= 4 is 5.95 Å². The van der Waals surface area contributed by atoms with Crippen molar-refractivity contribution in [3.63, 3.8) is 0 Å². The topological polar surface area (TPSA) is 39.1 Å². The van der Waals surface area contributed by atoms with Crippen LogP contribution in [0.3, 0.4) is 0 Å². The minimum atomic E-state index is 0.372. The zero-order valence-electron chi connectivity index (χ0n) is 11.1. The normalized spacial score (nSPS) is 10.7. The largest absolute Gasteiger partial charge is 0.497 e. The van der Waals surface area contributed by atoms with Crippen molar-refractivity contribution in [3.05, 3.63) is 42.2 Å². The average molecular weight is 245 g/mol. The van der Waals surface area contributed by atoms with E-state index in [2.05, 4.69) is 34.8 Å². The molecule has 4 heteroatoms. The Bertz CT molecular complexity index is 505. The Hall–Kier alpha value is -1.97. The molecule has 0 fully saturated rings. The van der Waals surface area contributed by atoms with Crippen molar-refractivity contribution in [2.24, 2.45) is 0 Å². The smallest absolute Gasteiger partial charge is 0.203 e. The lowest BCUT2D eigenvalue weighted by Gasteiger charge is -2.12. The lowest BCUT2D eigenvalue weighted by molar-refractivity contribution is 0.414. The Kier molecular flexibility index (Phi) is 3.87. The zero-order valence-corrected chi connectivity index (χ0v) is 11.1. The second-order valence-corrected chi connectivity index (χ2v) is 4.53. The molecule has 0 aliphatic rings. The molecular formula is C14H19N3O. The lowest BCUT2D eigenvalue weighted by atomic mass is 10.2. The van der Waals surface area contributed by atoms with Gasteiger partial charge in [-0.15, -0.1) is 0 Å². The standard InChI is InChI=1S/C14H19N3O/c1-11(2)16-14-15-7-8-17(14)10-12-5-4-6-13(9-12)18-3/h4-9,11H,10H2,1-3H3,(H,15,16). The van der Waals surface area contributed by atoms with E-state index >= 15 is 0 Å². The number of ether oxygens (including phenoxy) is 1. The summed E-state index contributed by atoms with van der Waals surface area (Å²) in [6.07, 6.45) is 3.79. The minimum Gasteiger partial charge on any atom is -0.497 e. The molecule has 1 aromatic heterocycles. The third-order valence-corrected chi connectivity index (χ3v) is 2.62. The molecule has 1 N–H and O–H groups in total. The van der Waals surface area contributed by atoms with Gasteiger partial charge in [0.1, 0.15) is 5.75 Å². The highest BCUT2D eigenvalue weighted by atomic mass is 16.5. The monoisotopic (exact) mass is 245 g/mol. The lowest BCUT2D eigenvalue weighted by Crippen LogP contribution is -2.14. The van der Waals surface area contributed by atoms with E-state index in [0.29, 0.717) is 6.04 Å². The minimum absolute atomic E-state index is 0.372. The fourth-order valence-electron chi connectivity index (χ4n) is 1.80. The summed E-state index contributed by atoms with van der Waals surface area (Å²) in [4.78, 5) is 4.32. The van der Waals surface area contributed by atoms with Crippen molar-refractivity contribution in [2.45, 2.75) is 26.4 Å². The summed E-state index contributed by atoms with van der Waals surface area (Å²) in [5, 5.41) is 3.32. The van der Waals surface area contributed by atoms with Gasteiger partial charge in [0.25, 0.3) is 0 Å². The first-order chi connectivity index (χ1) is 8.69. The summed E-state index contributed by atoms with van der Waals surface area (Å²) in [5.41, 5.74) is 1.19.